The van der Waals surface area contributed by atoms with E-state index in [1.807, 2.05) is 60.7 Å². The van der Waals surface area contributed by atoms with Crippen LogP contribution in [-0.2, 0) is 24.2 Å². The molecule has 0 aliphatic heterocycles. The van der Waals surface area contributed by atoms with E-state index in [1.54, 1.807) is 0 Å². The molecule has 0 amide bonds. The number of hydrogen-bond donors (Lipinski definition) is 0. The quantitative estimate of drug-likeness (QED) is 0.638. The molecule has 68 valence electrons. The molecule has 0 nitrogen and oxygen atoms in total. The van der Waals surface area contributed by atoms with Crippen LogP contribution in [0.4, 0.5) is 0 Å². The first-order valence-electron chi connectivity index (χ1n) is 4.17. The molecule has 0 spiro atoms. The standard InChI is InChI=1S/2C6H5.CH2.Zr/c2*1-2-4-6-5-3-1;;/h2*1-5H;1H2;/q2*-1;;+2. The molecule has 0 aromatic heterocycles. The fourth-order valence-corrected chi connectivity index (χ4v) is 0.684. The second-order valence-electron chi connectivity index (χ2n) is 2.15. The maximum Gasteiger partial charge on any atom is -0.171 e. The fraction of sp³-hybridized carbons (Fsp3) is 0. The molecule has 0 N–H and O–H groups in total. The van der Waals surface area contributed by atoms with E-state index < -0.39 is 0 Å². The van der Waals surface area contributed by atoms with Crippen molar-refractivity contribution in [2.45, 2.75) is 0 Å². The van der Waals surface area contributed by atoms with Crippen LogP contribution in [0.2, 0.25) is 0 Å². The second-order valence-corrected chi connectivity index (χ2v) is 2.15. The topological polar surface area (TPSA) is 0 Å². The van der Waals surface area contributed by atoms with Gasteiger partial charge in [-0.25, -0.2) is 0 Å². The third-order valence-corrected chi connectivity index (χ3v) is 1.21. The van der Waals surface area contributed by atoms with Crippen molar-refractivity contribution in [2.24, 2.45) is 0 Å². The van der Waals surface area contributed by atoms with Gasteiger partial charge in [0.2, 0.25) is 0 Å². The summed E-state index contributed by atoms with van der Waals surface area (Å²) >= 11 is 1.30. The van der Waals surface area contributed by atoms with Crippen molar-refractivity contribution in [3.63, 3.8) is 0 Å². The summed E-state index contributed by atoms with van der Waals surface area (Å²) < 4.78 is 3.34. The largest absolute Gasteiger partial charge is 0.184 e. The van der Waals surface area contributed by atoms with Crippen LogP contribution in [0.15, 0.2) is 60.7 Å². The molecular formula is C13H12Zr. The van der Waals surface area contributed by atoms with Crippen LogP contribution in [0.25, 0.3) is 0 Å². The summed E-state index contributed by atoms with van der Waals surface area (Å²) in [6.45, 7) is 0. The minimum Gasteiger partial charge on any atom is -0.184 e. The van der Waals surface area contributed by atoms with E-state index in [9.17, 15) is 0 Å². The Labute approximate surface area is 101 Å². The monoisotopic (exact) mass is 258 g/mol. The van der Waals surface area contributed by atoms with Gasteiger partial charge in [0.25, 0.3) is 0 Å². The van der Waals surface area contributed by atoms with Crippen LogP contribution in [0.5, 0.6) is 0 Å². The molecule has 0 saturated heterocycles. The minimum atomic E-state index is 1.30. The molecule has 1 heteroatoms. The maximum absolute atomic E-state index is 3.34. The first-order chi connectivity index (χ1) is 7.00. The van der Waals surface area contributed by atoms with Crippen molar-refractivity contribution in [3.8, 4) is 0 Å². The van der Waals surface area contributed by atoms with Crippen molar-refractivity contribution in [2.75, 3.05) is 0 Å². The van der Waals surface area contributed by atoms with Crippen molar-refractivity contribution >= 4 is 4.21 Å². The molecule has 0 heterocycles. The van der Waals surface area contributed by atoms with Crippen LogP contribution in [0.3, 0.4) is 0 Å². The summed E-state index contributed by atoms with van der Waals surface area (Å²) in [4.78, 5) is 0. The summed E-state index contributed by atoms with van der Waals surface area (Å²) in [6, 6.07) is 25.0. The van der Waals surface area contributed by atoms with E-state index >= 15 is 0 Å². The Hall–Kier alpha value is -0.807. The summed E-state index contributed by atoms with van der Waals surface area (Å²) in [5, 5.41) is 0. The maximum atomic E-state index is 3.34. The smallest absolute Gasteiger partial charge is 0.171 e. The van der Waals surface area contributed by atoms with Gasteiger partial charge in [0, 0.05) is 0 Å². The Morgan fingerprint density at radius 1 is 0.571 bits per heavy atom. The van der Waals surface area contributed by atoms with Crippen LogP contribution >= 0.6 is 0 Å². The van der Waals surface area contributed by atoms with E-state index in [0.717, 1.165) is 0 Å². The Morgan fingerprint density at radius 3 is 0.929 bits per heavy atom. The molecule has 0 unspecified atom stereocenters. The molecule has 0 aliphatic rings. The number of hydrogen-bond acceptors (Lipinski definition) is 0. The summed E-state index contributed by atoms with van der Waals surface area (Å²) in [7, 11) is 0. The average Bonchev–Trinajstić information content (AvgIpc) is 2.37. The third kappa shape index (κ3) is 9.28. The van der Waals surface area contributed by atoms with Crippen LogP contribution < -0.4 is 0 Å². The van der Waals surface area contributed by atoms with E-state index in [4.69, 9.17) is 0 Å². The fourth-order valence-electron chi connectivity index (χ4n) is 0.684. The van der Waals surface area contributed by atoms with Crippen molar-refractivity contribution < 1.29 is 24.2 Å². The zero-order valence-corrected chi connectivity index (χ0v) is 10.4. The molecule has 0 atom stereocenters. The van der Waals surface area contributed by atoms with Gasteiger partial charge in [-0.15, -0.1) is 0 Å². The van der Waals surface area contributed by atoms with Gasteiger partial charge in [-0.3, -0.25) is 0 Å². The first-order valence-corrected chi connectivity index (χ1v) is 5.91. The van der Waals surface area contributed by atoms with Crippen molar-refractivity contribution in [3.05, 3.63) is 72.8 Å². The Bertz CT molecular complexity index is 194. The predicted octanol–water partition coefficient (Wildman–Crippen LogP) is 2.94. The van der Waals surface area contributed by atoms with Gasteiger partial charge in [-0.05, 0) is 0 Å². The SMILES string of the molecule is [CH2]=[Zr+2].[c-]1ccccc1.[c-]1ccccc1. The van der Waals surface area contributed by atoms with Crippen LogP contribution in [0.1, 0.15) is 0 Å². The molecular weight excluding hydrogens is 247 g/mol. The first kappa shape index (κ1) is 13.2. The average molecular weight is 259 g/mol. The molecule has 0 radical (unpaired) electrons. The number of rotatable bonds is 0. The molecule has 2 aromatic carbocycles. The predicted molar refractivity (Wildman–Crippen MR) is 57.7 cm³/mol. The number of benzene rings is 2. The van der Waals surface area contributed by atoms with Gasteiger partial charge in [0.15, 0.2) is 0 Å². The molecule has 0 saturated carbocycles. The molecule has 2 aromatic rings. The van der Waals surface area contributed by atoms with Gasteiger partial charge in [0.1, 0.15) is 0 Å². The molecule has 0 bridgehead atoms. The minimum absolute atomic E-state index is 1.30. The van der Waals surface area contributed by atoms with Crippen LogP contribution in [0, 0.1) is 12.1 Å². The summed E-state index contributed by atoms with van der Waals surface area (Å²) in [5.74, 6) is 0. The van der Waals surface area contributed by atoms with Crippen molar-refractivity contribution in [1.82, 2.24) is 0 Å². The molecule has 2 rings (SSSR count). The van der Waals surface area contributed by atoms with E-state index in [2.05, 4.69) is 16.3 Å². The Balaban J connectivity index is 0.000000206. The Morgan fingerprint density at radius 2 is 0.857 bits per heavy atom. The van der Waals surface area contributed by atoms with E-state index in [1.165, 1.54) is 24.2 Å². The van der Waals surface area contributed by atoms with E-state index in [-0.39, 0.29) is 0 Å². The van der Waals surface area contributed by atoms with Gasteiger partial charge in [-0.1, -0.05) is 0 Å². The summed E-state index contributed by atoms with van der Waals surface area (Å²) in [5.41, 5.74) is 0. The Kier molecular flexibility index (Phi) is 11.5. The van der Waals surface area contributed by atoms with Gasteiger partial charge >= 0.3 is 28.4 Å². The van der Waals surface area contributed by atoms with Crippen molar-refractivity contribution in [1.29, 1.82) is 0 Å². The molecule has 14 heavy (non-hydrogen) atoms. The normalized spacial score (nSPS) is 7.29. The third-order valence-electron chi connectivity index (χ3n) is 1.21. The zero-order chi connectivity index (χ0) is 10.5. The summed E-state index contributed by atoms with van der Waals surface area (Å²) in [6.07, 6.45) is 0. The van der Waals surface area contributed by atoms with E-state index in [0.29, 0.717) is 0 Å². The van der Waals surface area contributed by atoms with Gasteiger partial charge in [0.05, 0.1) is 0 Å². The van der Waals surface area contributed by atoms with Crippen LogP contribution in [-0.4, -0.2) is 4.21 Å². The molecule has 0 fully saturated rings. The second kappa shape index (κ2) is 12.2. The van der Waals surface area contributed by atoms with Gasteiger partial charge < -0.3 is 0 Å². The van der Waals surface area contributed by atoms with Gasteiger partial charge in [-0.2, -0.15) is 72.8 Å². The molecule has 0 aliphatic carbocycles. The zero-order valence-electron chi connectivity index (χ0n) is 7.98.